The topological polar surface area (TPSA) is 80.5 Å². The van der Waals surface area contributed by atoms with Crippen LogP contribution in [0.25, 0.3) is 0 Å². The summed E-state index contributed by atoms with van der Waals surface area (Å²) in [5.41, 5.74) is 3.76. The van der Waals surface area contributed by atoms with Crippen molar-refractivity contribution in [1.82, 2.24) is 15.0 Å². The fourth-order valence-electron chi connectivity index (χ4n) is 3.70. The summed E-state index contributed by atoms with van der Waals surface area (Å²) in [6, 6.07) is 7.57. The molecule has 8 heteroatoms. The predicted molar refractivity (Wildman–Crippen MR) is 120 cm³/mol. The van der Waals surface area contributed by atoms with Crippen molar-refractivity contribution in [3.8, 4) is 5.75 Å². The van der Waals surface area contributed by atoms with Gasteiger partial charge in [-0.2, -0.15) is 0 Å². The minimum atomic E-state index is -0.0664. The Kier molecular flexibility index (Phi) is 6.99. The number of aryl methyl sites for hydroxylation is 2. The minimum Gasteiger partial charge on any atom is -0.489 e. The minimum absolute atomic E-state index is 0.0664. The number of hydrogen-bond acceptors (Lipinski definition) is 7. The van der Waals surface area contributed by atoms with E-state index in [2.05, 4.69) is 20.4 Å². The number of anilines is 1. The van der Waals surface area contributed by atoms with Crippen LogP contribution >= 0.6 is 11.3 Å². The second kappa shape index (κ2) is 10.1. The molecule has 0 saturated carbocycles. The summed E-state index contributed by atoms with van der Waals surface area (Å²) in [6.07, 6.45) is 4.14. The molecule has 7 nitrogen and oxygen atoms in total. The van der Waals surface area contributed by atoms with Crippen molar-refractivity contribution < 1.29 is 14.1 Å². The Bertz CT molecular complexity index is 987. The highest BCUT2D eigenvalue weighted by Crippen LogP contribution is 2.20. The smallest absolute Gasteiger partial charge is 0.230 e. The van der Waals surface area contributed by atoms with Crippen LogP contribution in [0, 0.1) is 13.8 Å². The molecule has 3 heterocycles. The van der Waals surface area contributed by atoms with Gasteiger partial charge in [-0.05, 0) is 57.5 Å². The first-order valence-corrected chi connectivity index (χ1v) is 11.5. The molecule has 0 unspecified atom stereocenters. The molecule has 0 bridgehead atoms. The fraction of sp³-hybridized carbons (Fsp3) is 0.435. The predicted octanol–water partition coefficient (Wildman–Crippen LogP) is 4.49. The first kappa shape index (κ1) is 21.5. The largest absolute Gasteiger partial charge is 0.489 e. The van der Waals surface area contributed by atoms with E-state index in [9.17, 15) is 4.79 Å². The lowest BCUT2D eigenvalue weighted by atomic mass is 10.1. The maximum Gasteiger partial charge on any atom is 0.230 e. The molecule has 0 radical (unpaired) electrons. The zero-order chi connectivity index (χ0) is 21.6. The second-order valence-corrected chi connectivity index (χ2v) is 8.80. The second-order valence-electron chi connectivity index (χ2n) is 7.94. The van der Waals surface area contributed by atoms with E-state index in [0.29, 0.717) is 18.2 Å². The maximum atomic E-state index is 12.4. The van der Waals surface area contributed by atoms with Gasteiger partial charge in [0.05, 0.1) is 23.4 Å². The van der Waals surface area contributed by atoms with Crippen LogP contribution in [-0.4, -0.2) is 34.0 Å². The summed E-state index contributed by atoms with van der Waals surface area (Å²) >= 11 is 1.48. The van der Waals surface area contributed by atoms with E-state index < -0.39 is 0 Å². The summed E-state index contributed by atoms with van der Waals surface area (Å²) in [6.45, 7) is 7.32. The van der Waals surface area contributed by atoms with E-state index in [1.165, 1.54) is 30.6 Å². The lowest BCUT2D eigenvalue weighted by Crippen LogP contribution is -2.29. The molecule has 1 fully saturated rings. The third kappa shape index (κ3) is 5.92. The molecule has 1 amide bonds. The Balaban J connectivity index is 1.25. The summed E-state index contributed by atoms with van der Waals surface area (Å²) < 4.78 is 11.0. The molecule has 1 saturated heterocycles. The average molecular weight is 441 g/mol. The molecule has 0 atom stereocenters. The molecular formula is C23H28N4O3S. The molecule has 3 aromatic rings. The van der Waals surface area contributed by atoms with Crippen molar-refractivity contribution in [2.24, 2.45) is 0 Å². The standard InChI is InChI=1S/C23H28N4O3S/c1-16-21(17(2)30-26-16)14-29-20-8-6-18(7-9-20)12-22(28)25-23-24-19(15-31-23)13-27-10-4-3-5-11-27/h6-9,15H,3-5,10-14H2,1-2H3,(H,24,25,28). The van der Waals surface area contributed by atoms with Crippen LogP contribution in [0.4, 0.5) is 5.13 Å². The van der Waals surface area contributed by atoms with Gasteiger partial charge in [0, 0.05) is 11.9 Å². The summed E-state index contributed by atoms with van der Waals surface area (Å²) in [5, 5.41) is 9.55. The average Bonchev–Trinajstić information content (AvgIpc) is 3.34. The molecule has 1 N–H and O–H groups in total. The number of aromatic nitrogens is 2. The van der Waals surface area contributed by atoms with Gasteiger partial charge < -0.3 is 14.6 Å². The number of carbonyl (C=O) groups excluding carboxylic acids is 1. The number of amides is 1. The Morgan fingerprint density at radius 3 is 2.68 bits per heavy atom. The number of ether oxygens (including phenoxy) is 1. The SMILES string of the molecule is Cc1noc(C)c1COc1ccc(CC(=O)Nc2nc(CN3CCCCC3)cs2)cc1. The molecule has 0 spiro atoms. The third-order valence-electron chi connectivity index (χ3n) is 5.48. The highest BCUT2D eigenvalue weighted by Gasteiger charge is 2.14. The zero-order valence-corrected chi connectivity index (χ0v) is 18.8. The lowest BCUT2D eigenvalue weighted by Gasteiger charge is -2.25. The van der Waals surface area contributed by atoms with Gasteiger partial charge >= 0.3 is 0 Å². The number of hydrogen-bond donors (Lipinski definition) is 1. The van der Waals surface area contributed by atoms with Gasteiger partial charge in [0.1, 0.15) is 18.1 Å². The first-order chi connectivity index (χ1) is 15.1. The number of nitrogens with zero attached hydrogens (tertiary/aromatic N) is 3. The van der Waals surface area contributed by atoms with E-state index in [1.807, 2.05) is 43.5 Å². The molecule has 31 heavy (non-hydrogen) atoms. The Hall–Kier alpha value is -2.71. The van der Waals surface area contributed by atoms with Crippen LogP contribution in [0.1, 0.15) is 47.5 Å². The first-order valence-electron chi connectivity index (χ1n) is 10.7. The Labute approximate surface area is 186 Å². The summed E-state index contributed by atoms with van der Waals surface area (Å²) in [4.78, 5) is 19.4. The van der Waals surface area contributed by atoms with E-state index in [1.54, 1.807) is 0 Å². The molecule has 164 valence electrons. The van der Waals surface area contributed by atoms with Gasteiger partial charge in [-0.1, -0.05) is 23.7 Å². The maximum absolute atomic E-state index is 12.4. The van der Waals surface area contributed by atoms with Gasteiger partial charge in [0.2, 0.25) is 5.91 Å². The van der Waals surface area contributed by atoms with Crippen molar-refractivity contribution in [2.45, 2.75) is 52.7 Å². The number of rotatable bonds is 8. The van der Waals surface area contributed by atoms with Crippen molar-refractivity contribution in [2.75, 3.05) is 18.4 Å². The number of carbonyl (C=O) groups is 1. The third-order valence-corrected chi connectivity index (χ3v) is 6.29. The van der Waals surface area contributed by atoms with Gasteiger partial charge in [0.25, 0.3) is 0 Å². The van der Waals surface area contributed by atoms with Gasteiger partial charge in [0.15, 0.2) is 5.13 Å². The Morgan fingerprint density at radius 1 is 1.19 bits per heavy atom. The van der Waals surface area contributed by atoms with Crippen LogP contribution in [0.3, 0.4) is 0 Å². The number of likely N-dealkylation sites (tertiary alicyclic amines) is 1. The van der Waals surface area contributed by atoms with Crippen molar-refractivity contribution >= 4 is 22.4 Å². The highest BCUT2D eigenvalue weighted by atomic mass is 32.1. The van der Waals surface area contributed by atoms with Gasteiger partial charge in [-0.15, -0.1) is 11.3 Å². The quantitative estimate of drug-likeness (QED) is 0.556. The van der Waals surface area contributed by atoms with E-state index in [-0.39, 0.29) is 5.91 Å². The molecule has 1 aliphatic heterocycles. The number of thiazole rings is 1. The van der Waals surface area contributed by atoms with E-state index in [4.69, 9.17) is 9.26 Å². The van der Waals surface area contributed by atoms with Crippen molar-refractivity contribution in [1.29, 1.82) is 0 Å². The summed E-state index contributed by atoms with van der Waals surface area (Å²) in [7, 11) is 0. The van der Waals surface area contributed by atoms with Crippen LogP contribution in [-0.2, 0) is 24.4 Å². The molecule has 1 aliphatic rings. The van der Waals surface area contributed by atoms with Gasteiger partial charge in [-0.3, -0.25) is 9.69 Å². The summed E-state index contributed by atoms with van der Waals surface area (Å²) in [5.74, 6) is 1.45. The van der Waals surface area contributed by atoms with Crippen LogP contribution < -0.4 is 10.1 Å². The number of piperidine rings is 1. The molecule has 0 aliphatic carbocycles. The van der Waals surface area contributed by atoms with Crippen LogP contribution in [0.15, 0.2) is 34.2 Å². The van der Waals surface area contributed by atoms with Gasteiger partial charge in [-0.25, -0.2) is 4.98 Å². The molecular weight excluding hydrogens is 412 g/mol. The monoisotopic (exact) mass is 440 g/mol. The molecule has 4 rings (SSSR count). The van der Waals surface area contributed by atoms with E-state index in [0.717, 1.165) is 53.7 Å². The van der Waals surface area contributed by atoms with Crippen molar-refractivity contribution in [3.63, 3.8) is 0 Å². The number of nitrogens with one attached hydrogen (secondary N) is 1. The molecule has 2 aromatic heterocycles. The zero-order valence-electron chi connectivity index (χ0n) is 18.0. The molecule has 1 aromatic carbocycles. The lowest BCUT2D eigenvalue weighted by molar-refractivity contribution is -0.115. The normalized spacial score (nSPS) is 14.5. The van der Waals surface area contributed by atoms with Crippen molar-refractivity contribution in [3.05, 3.63) is 57.9 Å². The van der Waals surface area contributed by atoms with E-state index >= 15 is 0 Å². The van der Waals surface area contributed by atoms with Crippen LogP contribution in [0.2, 0.25) is 0 Å². The highest BCUT2D eigenvalue weighted by molar-refractivity contribution is 7.13. The van der Waals surface area contributed by atoms with Crippen LogP contribution in [0.5, 0.6) is 5.75 Å². The fourth-order valence-corrected chi connectivity index (χ4v) is 4.42. The number of benzene rings is 1. The Morgan fingerprint density at radius 2 is 1.97 bits per heavy atom.